The maximum absolute atomic E-state index is 5.52. The second-order valence-electron chi connectivity index (χ2n) is 4.86. The lowest BCUT2D eigenvalue weighted by Gasteiger charge is -2.28. The topological polar surface area (TPSA) is 33.7 Å². The van der Waals surface area contributed by atoms with Crippen molar-refractivity contribution >= 4 is 5.69 Å². The van der Waals surface area contributed by atoms with Gasteiger partial charge in [-0.25, -0.2) is 5.01 Å². The van der Waals surface area contributed by atoms with Gasteiger partial charge in [0.15, 0.2) is 6.29 Å². The molecule has 0 spiro atoms. The lowest BCUT2D eigenvalue weighted by atomic mass is 10.1. The fourth-order valence-corrected chi connectivity index (χ4v) is 2.49. The van der Waals surface area contributed by atoms with Crippen LogP contribution in [0.3, 0.4) is 0 Å². The number of hydrazine groups is 1. The normalized spacial score (nSPS) is 22.2. The summed E-state index contributed by atoms with van der Waals surface area (Å²) in [5.41, 5.74) is 5.68. The Labute approximate surface area is 108 Å². The maximum Gasteiger partial charge on any atom is 0.184 e. The molecule has 4 nitrogen and oxygen atoms in total. The third-order valence-electron chi connectivity index (χ3n) is 3.42. The van der Waals surface area contributed by atoms with E-state index in [2.05, 4.69) is 28.6 Å². The third kappa shape index (κ3) is 2.83. The predicted molar refractivity (Wildman–Crippen MR) is 70.1 cm³/mol. The summed E-state index contributed by atoms with van der Waals surface area (Å²) in [6, 6.07) is 8.31. The van der Waals surface area contributed by atoms with Crippen molar-refractivity contribution in [3.8, 4) is 0 Å². The predicted octanol–water partition coefficient (Wildman–Crippen LogP) is 2.54. The first-order valence-corrected chi connectivity index (χ1v) is 6.76. The van der Waals surface area contributed by atoms with Gasteiger partial charge in [-0.1, -0.05) is 18.6 Å². The van der Waals surface area contributed by atoms with Gasteiger partial charge < -0.3 is 14.9 Å². The van der Waals surface area contributed by atoms with Crippen LogP contribution in [0.5, 0.6) is 0 Å². The molecule has 0 amide bonds. The fourth-order valence-electron chi connectivity index (χ4n) is 2.49. The lowest BCUT2D eigenvalue weighted by Crippen LogP contribution is -2.34. The Hall–Kier alpha value is -1.10. The van der Waals surface area contributed by atoms with Gasteiger partial charge in [-0.15, -0.1) is 0 Å². The molecule has 4 heteroatoms. The Balaban J connectivity index is 1.66. The number of piperidine rings is 1. The first-order valence-electron chi connectivity index (χ1n) is 6.76. The van der Waals surface area contributed by atoms with Crippen molar-refractivity contribution in [3.05, 3.63) is 29.8 Å². The van der Waals surface area contributed by atoms with Crippen molar-refractivity contribution < 1.29 is 9.47 Å². The number of hydrogen-bond acceptors (Lipinski definition) is 4. The van der Waals surface area contributed by atoms with Gasteiger partial charge in [-0.05, 0) is 25.0 Å². The molecule has 1 N–H and O–H groups in total. The monoisotopic (exact) mass is 248 g/mol. The molecule has 1 aromatic rings. The average molecular weight is 248 g/mol. The summed E-state index contributed by atoms with van der Waals surface area (Å²) in [4.78, 5) is 0. The van der Waals surface area contributed by atoms with Gasteiger partial charge in [0.2, 0.25) is 0 Å². The molecule has 2 saturated heterocycles. The second kappa shape index (κ2) is 5.69. The van der Waals surface area contributed by atoms with E-state index in [1.165, 1.54) is 19.3 Å². The summed E-state index contributed by atoms with van der Waals surface area (Å²) in [7, 11) is 0. The average Bonchev–Trinajstić information content (AvgIpc) is 2.94. The van der Waals surface area contributed by atoms with E-state index in [0.29, 0.717) is 13.2 Å². The Morgan fingerprint density at radius 1 is 1.06 bits per heavy atom. The van der Waals surface area contributed by atoms with Gasteiger partial charge in [0.05, 0.1) is 13.2 Å². The molecule has 0 radical (unpaired) electrons. The van der Waals surface area contributed by atoms with E-state index in [1.807, 2.05) is 6.07 Å². The number of ether oxygens (including phenoxy) is 2. The quantitative estimate of drug-likeness (QED) is 0.891. The first-order chi connectivity index (χ1) is 8.92. The zero-order valence-corrected chi connectivity index (χ0v) is 10.6. The Kier molecular flexibility index (Phi) is 3.78. The summed E-state index contributed by atoms with van der Waals surface area (Å²) in [5, 5.41) is 2.29. The van der Waals surface area contributed by atoms with Crippen molar-refractivity contribution in [2.24, 2.45) is 0 Å². The number of rotatable bonds is 3. The second-order valence-corrected chi connectivity index (χ2v) is 4.86. The van der Waals surface area contributed by atoms with E-state index in [1.54, 1.807) is 0 Å². The van der Waals surface area contributed by atoms with Crippen molar-refractivity contribution in [3.63, 3.8) is 0 Å². The number of anilines is 1. The van der Waals surface area contributed by atoms with Crippen LogP contribution in [0.15, 0.2) is 24.3 Å². The molecule has 3 rings (SSSR count). The Morgan fingerprint density at radius 3 is 2.61 bits per heavy atom. The zero-order valence-electron chi connectivity index (χ0n) is 10.6. The van der Waals surface area contributed by atoms with E-state index in [0.717, 1.165) is 24.3 Å². The molecule has 0 aliphatic carbocycles. The standard InChI is InChI=1S/C14H20N2O2/c1-2-7-16(8-3-1)15-13-6-4-5-12(11-13)14-17-9-10-18-14/h4-6,11,14-15H,1-3,7-10H2. The molecule has 0 aromatic heterocycles. The SMILES string of the molecule is c1cc(NN2CCCCC2)cc(C2OCCO2)c1. The van der Waals surface area contributed by atoms with Crippen LogP contribution in [0.25, 0.3) is 0 Å². The van der Waals surface area contributed by atoms with Crippen LogP contribution in [0.4, 0.5) is 5.69 Å². The van der Waals surface area contributed by atoms with Crippen molar-refractivity contribution in [2.75, 3.05) is 31.7 Å². The lowest BCUT2D eigenvalue weighted by molar-refractivity contribution is -0.0440. The van der Waals surface area contributed by atoms with Gasteiger partial charge >= 0.3 is 0 Å². The van der Waals surface area contributed by atoms with Crippen LogP contribution in [0.1, 0.15) is 31.1 Å². The smallest absolute Gasteiger partial charge is 0.184 e. The number of nitrogens with one attached hydrogen (secondary N) is 1. The zero-order chi connectivity index (χ0) is 12.2. The molecule has 0 atom stereocenters. The molecule has 98 valence electrons. The number of nitrogens with zero attached hydrogens (tertiary/aromatic N) is 1. The fraction of sp³-hybridized carbons (Fsp3) is 0.571. The Morgan fingerprint density at radius 2 is 1.83 bits per heavy atom. The molecular weight excluding hydrogens is 228 g/mol. The summed E-state index contributed by atoms with van der Waals surface area (Å²) < 4.78 is 11.0. The summed E-state index contributed by atoms with van der Waals surface area (Å²) >= 11 is 0. The number of benzene rings is 1. The highest BCUT2D eigenvalue weighted by molar-refractivity contribution is 5.45. The first kappa shape index (κ1) is 12.0. The molecule has 2 heterocycles. The highest BCUT2D eigenvalue weighted by atomic mass is 16.7. The van der Waals surface area contributed by atoms with Crippen LogP contribution < -0.4 is 5.43 Å². The van der Waals surface area contributed by atoms with E-state index in [4.69, 9.17) is 9.47 Å². The molecule has 0 unspecified atom stereocenters. The van der Waals surface area contributed by atoms with E-state index < -0.39 is 0 Å². The van der Waals surface area contributed by atoms with E-state index >= 15 is 0 Å². The molecular formula is C14H20N2O2. The van der Waals surface area contributed by atoms with Crippen LogP contribution in [-0.4, -0.2) is 31.3 Å². The highest BCUT2D eigenvalue weighted by Crippen LogP contribution is 2.25. The van der Waals surface area contributed by atoms with Gasteiger partial charge in [0.25, 0.3) is 0 Å². The van der Waals surface area contributed by atoms with Crippen LogP contribution in [-0.2, 0) is 9.47 Å². The summed E-state index contributed by atoms with van der Waals surface area (Å²) in [6.07, 6.45) is 3.72. The van der Waals surface area contributed by atoms with Crippen molar-refractivity contribution in [1.29, 1.82) is 0 Å². The minimum Gasteiger partial charge on any atom is -0.346 e. The molecule has 0 bridgehead atoms. The highest BCUT2D eigenvalue weighted by Gasteiger charge is 2.18. The minimum absolute atomic E-state index is 0.187. The van der Waals surface area contributed by atoms with Crippen LogP contribution >= 0.6 is 0 Å². The Bertz CT molecular complexity index is 385. The molecule has 2 aliphatic heterocycles. The number of hydrogen-bond donors (Lipinski definition) is 1. The largest absolute Gasteiger partial charge is 0.346 e. The van der Waals surface area contributed by atoms with Crippen LogP contribution in [0, 0.1) is 0 Å². The molecule has 2 aliphatic rings. The van der Waals surface area contributed by atoms with Gasteiger partial charge in [0.1, 0.15) is 0 Å². The van der Waals surface area contributed by atoms with Crippen molar-refractivity contribution in [1.82, 2.24) is 5.01 Å². The molecule has 1 aromatic carbocycles. The van der Waals surface area contributed by atoms with Crippen LogP contribution in [0.2, 0.25) is 0 Å². The summed E-state index contributed by atoms with van der Waals surface area (Å²) in [6.45, 7) is 3.63. The van der Waals surface area contributed by atoms with E-state index in [-0.39, 0.29) is 6.29 Å². The minimum atomic E-state index is -0.187. The van der Waals surface area contributed by atoms with Crippen molar-refractivity contribution in [2.45, 2.75) is 25.6 Å². The van der Waals surface area contributed by atoms with E-state index in [9.17, 15) is 0 Å². The van der Waals surface area contributed by atoms with Gasteiger partial charge in [0, 0.05) is 24.3 Å². The molecule has 2 fully saturated rings. The van der Waals surface area contributed by atoms with Gasteiger partial charge in [-0.2, -0.15) is 0 Å². The third-order valence-corrected chi connectivity index (χ3v) is 3.42. The van der Waals surface area contributed by atoms with Gasteiger partial charge in [-0.3, -0.25) is 0 Å². The molecule has 18 heavy (non-hydrogen) atoms. The maximum atomic E-state index is 5.52. The molecule has 0 saturated carbocycles. The summed E-state index contributed by atoms with van der Waals surface area (Å²) in [5.74, 6) is 0.